The minimum Gasteiger partial charge on any atom is -0.411 e. The molecule has 1 atom stereocenters. The van der Waals surface area contributed by atoms with Crippen LogP contribution in [0.15, 0.2) is 75.6 Å². The summed E-state index contributed by atoms with van der Waals surface area (Å²) in [5.74, 6) is -0.228. The SMILES string of the molecule is Cc1cc(Cl)ccc1C(C/C(=N/O)c1ccc(=O)n(C)c1)c1ccc(S(C)(=O)=O)cc1. The second kappa shape index (κ2) is 9.08. The zero-order valence-corrected chi connectivity index (χ0v) is 19.0. The summed E-state index contributed by atoms with van der Waals surface area (Å²) in [7, 11) is -1.69. The highest BCUT2D eigenvalue weighted by Gasteiger charge is 2.21. The predicted octanol–water partition coefficient (Wildman–Crippen LogP) is 4.15. The molecule has 1 aromatic heterocycles. The molecule has 6 nitrogen and oxygen atoms in total. The van der Waals surface area contributed by atoms with Crippen molar-refractivity contribution in [2.75, 3.05) is 6.26 Å². The Morgan fingerprint density at radius 1 is 1.13 bits per heavy atom. The fraction of sp³-hybridized carbons (Fsp3) is 0.217. The molecule has 2 aromatic carbocycles. The van der Waals surface area contributed by atoms with Gasteiger partial charge in [-0.2, -0.15) is 0 Å². The second-order valence-corrected chi connectivity index (χ2v) is 9.96. The van der Waals surface area contributed by atoms with Crippen LogP contribution >= 0.6 is 11.6 Å². The van der Waals surface area contributed by atoms with Gasteiger partial charge in [0.2, 0.25) is 5.56 Å². The Bertz CT molecular complexity index is 1300. The average molecular weight is 459 g/mol. The number of hydrogen-bond acceptors (Lipinski definition) is 5. The number of aryl methyl sites for hydroxylation is 2. The third-order valence-corrected chi connectivity index (χ3v) is 6.62. The molecule has 0 bridgehead atoms. The van der Waals surface area contributed by atoms with E-state index in [0.717, 1.165) is 16.7 Å². The summed E-state index contributed by atoms with van der Waals surface area (Å²) in [6.45, 7) is 1.95. The zero-order valence-electron chi connectivity index (χ0n) is 17.4. The van der Waals surface area contributed by atoms with E-state index in [9.17, 15) is 18.4 Å². The van der Waals surface area contributed by atoms with Crippen LogP contribution in [0.5, 0.6) is 0 Å². The molecule has 0 aliphatic carbocycles. The molecule has 162 valence electrons. The smallest absolute Gasteiger partial charge is 0.250 e. The predicted molar refractivity (Wildman–Crippen MR) is 122 cm³/mol. The van der Waals surface area contributed by atoms with Gasteiger partial charge in [0.1, 0.15) is 0 Å². The van der Waals surface area contributed by atoms with Crippen molar-refractivity contribution >= 4 is 27.1 Å². The Balaban J connectivity index is 2.09. The Hall–Kier alpha value is -2.90. The molecule has 0 saturated heterocycles. The van der Waals surface area contributed by atoms with Crippen molar-refractivity contribution in [3.05, 3.63) is 98.4 Å². The van der Waals surface area contributed by atoms with Gasteiger partial charge in [0.15, 0.2) is 9.84 Å². The molecule has 0 aliphatic rings. The van der Waals surface area contributed by atoms with Gasteiger partial charge in [-0.25, -0.2) is 8.42 Å². The lowest BCUT2D eigenvalue weighted by Crippen LogP contribution is -2.18. The molecule has 1 N–H and O–H groups in total. The maximum Gasteiger partial charge on any atom is 0.250 e. The van der Waals surface area contributed by atoms with E-state index in [4.69, 9.17) is 11.6 Å². The molecule has 0 fully saturated rings. The van der Waals surface area contributed by atoms with Crippen LogP contribution in [0.2, 0.25) is 5.02 Å². The highest BCUT2D eigenvalue weighted by molar-refractivity contribution is 7.90. The summed E-state index contributed by atoms with van der Waals surface area (Å²) in [4.78, 5) is 12.0. The third kappa shape index (κ3) is 5.24. The van der Waals surface area contributed by atoms with Crippen LogP contribution in [0, 0.1) is 6.92 Å². The van der Waals surface area contributed by atoms with Crippen LogP contribution in [-0.2, 0) is 16.9 Å². The van der Waals surface area contributed by atoms with E-state index in [1.54, 1.807) is 49.6 Å². The number of halogens is 1. The number of hydrogen-bond donors (Lipinski definition) is 1. The first-order valence-corrected chi connectivity index (χ1v) is 11.8. The molecule has 8 heteroatoms. The van der Waals surface area contributed by atoms with Crippen LogP contribution < -0.4 is 5.56 Å². The van der Waals surface area contributed by atoms with Crippen molar-refractivity contribution in [3.8, 4) is 0 Å². The Labute approximate surface area is 186 Å². The summed E-state index contributed by atoms with van der Waals surface area (Å²) < 4.78 is 25.1. The average Bonchev–Trinajstić information content (AvgIpc) is 2.71. The Morgan fingerprint density at radius 3 is 2.35 bits per heavy atom. The van der Waals surface area contributed by atoms with Crippen LogP contribution in [0.1, 0.15) is 34.6 Å². The van der Waals surface area contributed by atoms with E-state index in [1.807, 2.05) is 19.1 Å². The number of aromatic nitrogens is 1. The number of rotatable bonds is 6. The molecule has 0 spiro atoms. The van der Waals surface area contributed by atoms with Gasteiger partial charge in [0.25, 0.3) is 0 Å². The molecular weight excluding hydrogens is 436 g/mol. The topological polar surface area (TPSA) is 88.7 Å². The Kier molecular flexibility index (Phi) is 6.67. The monoisotopic (exact) mass is 458 g/mol. The van der Waals surface area contributed by atoms with E-state index in [0.29, 0.717) is 22.7 Å². The molecule has 0 saturated carbocycles. The van der Waals surface area contributed by atoms with Crippen molar-refractivity contribution < 1.29 is 13.6 Å². The zero-order chi connectivity index (χ0) is 22.8. The first-order chi connectivity index (χ1) is 14.6. The number of pyridine rings is 1. The third-order valence-electron chi connectivity index (χ3n) is 5.26. The molecule has 1 heterocycles. The van der Waals surface area contributed by atoms with Crippen molar-refractivity contribution in [3.63, 3.8) is 0 Å². The molecule has 31 heavy (non-hydrogen) atoms. The fourth-order valence-electron chi connectivity index (χ4n) is 3.56. The van der Waals surface area contributed by atoms with Gasteiger partial charge in [-0.15, -0.1) is 0 Å². The summed E-state index contributed by atoms with van der Waals surface area (Å²) in [6, 6.07) is 15.3. The standard InChI is InChI=1S/C23H23ClN2O4S/c1-15-12-18(24)7-10-20(15)21(16-4-8-19(9-5-16)31(3,29)30)13-22(25-28)17-6-11-23(27)26(2)14-17/h4-12,14,21,28H,13H2,1-3H3/b25-22-. The molecule has 0 aliphatic heterocycles. The van der Waals surface area contributed by atoms with E-state index in [1.165, 1.54) is 16.9 Å². The van der Waals surface area contributed by atoms with Crippen LogP contribution in [0.3, 0.4) is 0 Å². The Morgan fingerprint density at radius 2 is 1.81 bits per heavy atom. The van der Waals surface area contributed by atoms with E-state index in [2.05, 4.69) is 5.16 Å². The van der Waals surface area contributed by atoms with Crippen molar-refractivity contribution in [1.29, 1.82) is 0 Å². The van der Waals surface area contributed by atoms with Crippen LogP contribution in [0.4, 0.5) is 0 Å². The minimum atomic E-state index is -3.32. The normalized spacial score (nSPS) is 13.2. The molecule has 3 rings (SSSR count). The van der Waals surface area contributed by atoms with Gasteiger partial charge < -0.3 is 9.77 Å². The maximum absolute atomic E-state index is 11.8. The van der Waals surface area contributed by atoms with Gasteiger partial charge in [-0.3, -0.25) is 4.79 Å². The first-order valence-electron chi connectivity index (χ1n) is 9.54. The van der Waals surface area contributed by atoms with Gasteiger partial charge in [0, 0.05) is 48.5 Å². The summed E-state index contributed by atoms with van der Waals surface area (Å²) in [6.07, 6.45) is 3.12. The highest BCUT2D eigenvalue weighted by atomic mass is 35.5. The van der Waals surface area contributed by atoms with E-state index in [-0.39, 0.29) is 16.4 Å². The van der Waals surface area contributed by atoms with Crippen molar-refractivity contribution in [2.24, 2.45) is 12.2 Å². The molecule has 0 amide bonds. The highest BCUT2D eigenvalue weighted by Crippen LogP contribution is 2.33. The van der Waals surface area contributed by atoms with Gasteiger partial charge >= 0.3 is 0 Å². The van der Waals surface area contributed by atoms with Crippen LogP contribution in [-0.4, -0.2) is 30.2 Å². The molecule has 3 aromatic rings. The van der Waals surface area contributed by atoms with E-state index < -0.39 is 9.84 Å². The minimum absolute atomic E-state index is 0.164. The molecule has 0 radical (unpaired) electrons. The quantitative estimate of drug-likeness (QED) is 0.341. The summed E-state index contributed by atoms with van der Waals surface area (Å²) in [5.41, 5.74) is 3.66. The summed E-state index contributed by atoms with van der Waals surface area (Å²) >= 11 is 6.14. The lowest BCUT2D eigenvalue weighted by atomic mass is 9.83. The first kappa shape index (κ1) is 22.8. The largest absolute Gasteiger partial charge is 0.411 e. The molecular formula is C23H23ClN2O4S. The maximum atomic E-state index is 11.8. The number of oxime groups is 1. The lowest BCUT2D eigenvalue weighted by Gasteiger charge is -2.21. The van der Waals surface area contributed by atoms with Gasteiger partial charge in [-0.1, -0.05) is 35.0 Å². The van der Waals surface area contributed by atoms with Crippen molar-refractivity contribution in [1.82, 2.24) is 4.57 Å². The van der Waals surface area contributed by atoms with Gasteiger partial charge in [0.05, 0.1) is 10.6 Å². The van der Waals surface area contributed by atoms with E-state index >= 15 is 0 Å². The number of nitrogens with zero attached hydrogens (tertiary/aromatic N) is 2. The van der Waals surface area contributed by atoms with Crippen LogP contribution in [0.25, 0.3) is 0 Å². The van der Waals surface area contributed by atoms with Crippen molar-refractivity contribution in [2.45, 2.75) is 24.2 Å². The summed E-state index contributed by atoms with van der Waals surface area (Å²) in [5, 5.41) is 13.9. The molecule has 1 unspecified atom stereocenters. The second-order valence-electron chi connectivity index (χ2n) is 7.51. The van der Waals surface area contributed by atoms with Gasteiger partial charge in [-0.05, 0) is 53.9 Å². The number of benzene rings is 2. The number of sulfone groups is 1. The lowest BCUT2D eigenvalue weighted by molar-refractivity contribution is 0.317. The fourth-order valence-corrected chi connectivity index (χ4v) is 4.42.